The summed E-state index contributed by atoms with van der Waals surface area (Å²) in [5.41, 5.74) is 0. The third-order valence-electron chi connectivity index (χ3n) is 4.98. The van der Waals surface area contributed by atoms with Crippen LogP contribution in [0.3, 0.4) is 0 Å². The van der Waals surface area contributed by atoms with Crippen LogP contribution in [0.15, 0.2) is 0 Å². The van der Waals surface area contributed by atoms with Gasteiger partial charge in [0.1, 0.15) is 18.1 Å². The molecule has 0 bridgehead atoms. The van der Waals surface area contributed by atoms with E-state index in [4.69, 9.17) is 10.2 Å². The maximum absolute atomic E-state index is 12.8. The molecule has 0 aromatic rings. The SMILES string of the molecule is CCC(C)C(NC(=O)C1CCCN1)C(=O)NC(CC(=O)O)C(=O)NC(CS)C(=O)O. The molecule has 0 aliphatic carbocycles. The predicted molar refractivity (Wildman–Crippen MR) is 110 cm³/mol. The number of aliphatic carboxylic acids is 2. The van der Waals surface area contributed by atoms with Gasteiger partial charge in [0, 0.05) is 5.75 Å². The van der Waals surface area contributed by atoms with Gasteiger partial charge in [-0.05, 0) is 25.3 Å². The number of hydrogen-bond donors (Lipinski definition) is 7. The Morgan fingerprint density at radius 3 is 2.17 bits per heavy atom. The van der Waals surface area contributed by atoms with Crippen molar-refractivity contribution < 1.29 is 34.2 Å². The van der Waals surface area contributed by atoms with Crippen LogP contribution in [0.25, 0.3) is 0 Å². The van der Waals surface area contributed by atoms with Crippen molar-refractivity contribution in [3.05, 3.63) is 0 Å². The average molecular weight is 447 g/mol. The normalized spacial score (nSPS) is 19.8. The summed E-state index contributed by atoms with van der Waals surface area (Å²) in [5.74, 6) is -5.20. The number of carboxylic acid groups (broad SMARTS) is 2. The van der Waals surface area contributed by atoms with Crippen molar-refractivity contribution in [1.29, 1.82) is 0 Å². The Morgan fingerprint density at radius 1 is 1.07 bits per heavy atom. The minimum Gasteiger partial charge on any atom is -0.481 e. The molecule has 0 aromatic heterocycles. The zero-order valence-electron chi connectivity index (χ0n) is 17.0. The number of rotatable bonds is 12. The van der Waals surface area contributed by atoms with Crippen LogP contribution in [0.1, 0.15) is 39.5 Å². The van der Waals surface area contributed by atoms with Crippen LogP contribution in [-0.2, 0) is 24.0 Å². The zero-order valence-corrected chi connectivity index (χ0v) is 17.9. The molecule has 0 saturated carbocycles. The number of hydrogen-bond acceptors (Lipinski definition) is 7. The molecule has 1 saturated heterocycles. The fourth-order valence-electron chi connectivity index (χ4n) is 2.97. The van der Waals surface area contributed by atoms with E-state index in [9.17, 15) is 24.0 Å². The second-order valence-electron chi connectivity index (χ2n) is 7.26. The third kappa shape index (κ3) is 7.82. The molecule has 5 atom stereocenters. The maximum Gasteiger partial charge on any atom is 0.327 e. The van der Waals surface area contributed by atoms with E-state index in [0.29, 0.717) is 19.4 Å². The summed E-state index contributed by atoms with van der Waals surface area (Å²) in [6.07, 6.45) is 1.29. The van der Waals surface area contributed by atoms with Crippen LogP contribution in [0.4, 0.5) is 0 Å². The number of thiol groups is 1. The van der Waals surface area contributed by atoms with E-state index in [1.54, 1.807) is 6.92 Å². The quantitative estimate of drug-likeness (QED) is 0.182. The summed E-state index contributed by atoms with van der Waals surface area (Å²) < 4.78 is 0. The molecule has 1 rings (SSSR count). The highest BCUT2D eigenvalue weighted by molar-refractivity contribution is 7.80. The fraction of sp³-hybridized carbons (Fsp3) is 0.722. The molecule has 0 spiro atoms. The minimum absolute atomic E-state index is 0.214. The summed E-state index contributed by atoms with van der Waals surface area (Å²) in [4.78, 5) is 59.9. The molecule has 12 heteroatoms. The molecular formula is C18H30N4O7S. The van der Waals surface area contributed by atoms with Crippen molar-refractivity contribution in [2.75, 3.05) is 12.3 Å². The lowest BCUT2D eigenvalue weighted by molar-refractivity contribution is -0.143. The van der Waals surface area contributed by atoms with Crippen molar-refractivity contribution in [3.63, 3.8) is 0 Å². The van der Waals surface area contributed by atoms with Crippen molar-refractivity contribution in [2.24, 2.45) is 5.92 Å². The van der Waals surface area contributed by atoms with Crippen LogP contribution in [0.5, 0.6) is 0 Å². The van der Waals surface area contributed by atoms with E-state index in [0.717, 1.165) is 6.42 Å². The first-order chi connectivity index (χ1) is 14.1. The monoisotopic (exact) mass is 446 g/mol. The lowest BCUT2D eigenvalue weighted by Crippen LogP contribution is -2.59. The topological polar surface area (TPSA) is 174 Å². The van der Waals surface area contributed by atoms with E-state index < -0.39 is 54.3 Å². The Morgan fingerprint density at radius 2 is 1.70 bits per heavy atom. The summed E-state index contributed by atoms with van der Waals surface area (Å²) in [5, 5.41) is 28.3. The first kappa shape index (κ1) is 25.7. The van der Waals surface area contributed by atoms with Crippen LogP contribution in [0.2, 0.25) is 0 Å². The van der Waals surface area contributed by atoms with Gasteiger partial charge in [0.2, 0.25) is 17.7 Å². The summed E-state index contributed by atoms with van der Waals surface area (Å²) in [7, 11) is 0. The van der Waals surface area contributed by atoms with Gasteiger partial charge in [0.05, 0.1) is 12.5 Å². The number of carbonyl (C=O) groups is 5. The standard InChI is InChI=1S/C18H30N4O7S/c1-3-9(2)14(22-15(25)10-5-4-6-19-10)17(27)20-11(7-13(23)24)16(26)21-12(8-30)18(28)29/h9-12,14,19,30H,3-8H2,1-2H3,(H,20,27)(H,21,26)(H,22,25)(H,23,24)(H,28,29). The Bertz CT molecular complexity index is 654. The first-order valence-corrected chi connectivity index (χ1v) is 10.4. The minimum atomic E-state index is -1.51. The number of nitrogens with one attached hydrogen (secondary N) is 4. The van der Waals surface area contributed by atoms with Gasteiger partial charge in [-0.2, -0.15) is 12.6 Å². The van der Waals surface area contributed by atoms with E-state index in [2.05, 4.69) is 33.9 Å². The lowest BCUT2D eigenvalue weighted by atomic mass is 9.97. The highest BCUT2D eigenvalue weighted by atomic mass is 32.1. The van der Waals surface area contributed by atoms with Gasteiger partial charge in [-0.15, -0.1) is 0 Å². The van der Waals surface area contributed by atoms with E-state index >= 15 is 0 Å². The van der Waals surface area contributed by atoms with E-state index in [1.165, 1.54) is 0 Å². The lowest BCUT2D eigenvalue weighted by Gasteiger charge is -2.27. The number of amides is 3. The molecule has 0 aromatic carbocycles. The molecular weight excluding hydrogens is 416 g/mol. The molecule has 170 valence electrons. The Balaban J connectivity index is 2.92. The second-order valence-corrected chi connectivity index (χ2v) is 7.63. The van der Waals surface area contributed by atoms with Crippen LogP contribution in [0, 0.1) is 5.92 Å². The van der Waals surface area contributed by atoms with E-state index in [1.807, 2.05) is 6.92 Å². The summed E-state index contributed by atoms with van der Waals surface area (Å²) in [6.45, 7) is 4.28. The highest BCUT2D eigenvalue weighted by Gasteiger charge is 2.34. The third-order valence-corrected chi connectivity index (χ3v) is 5.34. The second kappa shape index (κ2) is 12.4. The van der Waals surface area contributed by atoms with Gasteiger partial charge < -0.3 is 31.5 Å². The highest BCUT2D eigenvalue weighted by Crippen LogP contribution is 2.11. The fourth-order valence-corrected chi connectivity index (χ4v) is 3.21. The van der Waals surface area contributed by atoms with Crippen molar-refractivity contribution in [1.82, 2.24) is 21.3 Å². The van der Waals surface area contributed by atoms with Gasteiger partial charge in [0.25, 0.3) is 0 Å². The molecule has 6 N–H and O–H groups in total. The Hall–Kier alpha value is -2.34. The number of carbonyl (C=O) groups excluding carboxylic acids is 3. The first-order valence-electron chi connectivity index (χ1n) is 9.80. The molecule has 30 heavy (non-hydrogen) atoms. The van der Waals surface area contributed by atoms with Gasteiger partial charge in [-0.1, -0.05) is 20.3 Å². The molecule has 0 radical (unpaired) electrons. The van der Waals surface area contributed by atoms with E-state index in [-0.39, 0.29) is 17.6 Å². The molecule has 1 aliphatic heterocycles. The molecule has 1 heterocycles. The molecule has 1 aliphatic rings. The molecule has 3 amide bonds. The largest absolute Gasteiger partial charge is 0.481 e. The van der Waals surface area contributed by atoms with Crippen LogP contribution < -0.4 is 21.3 Å². The van der Waals surface area contributed by atoms with Crippen molar-refractivity contribution in [3.8, 4) is 0 Å². The van der Waals surface area contributed by atoms with Crippen molar-refractivity contribution in [2.45, 2.75) is 63.7 Å². The molecule has 1 fully saturated rings. The Kier molecular flexibility index (Phi) is 10.6. The molecule has 5 unspecified atom stereocenters. The Labute approximate surface area is 180 Å². The van der Waals surface area contributed by atoms with Gasteiger partial charge in [0.15, 0.2) is 0 Å². The molecule has 11 nitrogen and oxygen atoms in total. The summed E-state index contributed by atoms with van der Waals surface area (Å²) >= 11 is 3.84. The van der Waals surface area contributed by atoms with Gasteiger partial charge >= 0.3 is 11.9 Å². The summed E-state index contributed by atoms with van der Waals surface area (Å²) in [6, 6.07) is -4.24. The zero-order chi connectivity index (χ0) is 22.8. The van der Waals surface area contributed by atoms with Crippen LogP contribution in [-0.4, -0.2) is 76.3 Å². The number of carboxylic acids is 2. The van der Waals surface area contributed by atoms with Gasteiger partial charge in [-0.25, -0.2) is 4.79 Å². The smallest absolute Gasteiger partial charge is 0.327 e. The predicted octanol–water partition coefficient (Wildman–Crippen LogP) is -1.27. The van der Waals surface area contributed by atoms with Crippen molar-refractivity contribution >= 4 is 42.3 Å². The van der Waals surface area contributed by atoms with Crippen LogP contribution >= 0.6 is 12.6 Å². The van der Waals surface area contributed by atoms with Gasteiger partial charge in [-0.3, -0.25) is 19.2 Å². The maximum atomic E-state index is 12.8. The average Bonchev–Trinajstić information content (AvgIpc) is 3.22.